The zero-order valence-corrected chi connectivity index (χ0v) is 25.5. The molecule has 4 heteroatoms. The number of rotatable bonds is 5. The van der Waals surface area contributed by atoms with Gasteiger partial charge in [-0.3, -0.25) is 4.57 Å². The van der Waals surface area contributed by atoms with E-state index in [0.29, 0.717) is 17.6 Å². The Hall–Kier alpha value is -6.39. The Labute approximate surface area is 272 Å². The second-order valence-electron chi connectivity index (χ2n) is 11.7. The van der Waals surface area contributed by atoms with E-state index in [1.165, 1.54) is 21.9 Å². The molecular formula is C43H28N4. The van der Waals surface area contributed by atoms with Crippen molar-refractivity contribution in [2.45, 2.75) is 0 Å². The third kappa shape index (κ3) is 4.84. The van der Waals surface area contributed by atoms with Gasteiger partial charge in [0.25, 0.3) is 0 Å². The molecule has 0 saturated heterocycles. The lowest BCUT2D eigenvalue weighted by molar-refractivity contribution is 0.953. The molecule has 7 aromatic carbocycles. The number of hydrogen-bond acceptors (Lipinski definition) is 3. The fourth-order valence-electron chi connectivity index (χ4n) is 6.49. The van der Waals surface area contributed by atoms with Gasteiger partial charge in [0.15, 0.2) is 11.6 Å². The average molecular weight is 601 g/mol. The van der Waals surface area contributed by atoms with Gasteiger partial charge in [0.05, 0.1) is 11.0 Å². The highest BCUT2D eigenvalue weighted by atomic mass is 15.2. The summed E-state index contributed by atoms with van der Waals surface area (Å²) >= 11 is 0. The molecule has 0 aliphatic heterocycles. The summed E-state index contributed by atoms with van der Waals surface area (Å²) in [5, 5.41) is 4.76. The molecule has 0 saturated carbocycles. The SMILES string of the molecule is c1ccc(-c2ccc(-c3nc(-c4ccccc4)nc(-n4c5ccccc5c5ccc(-c6ccc7ccccc7c6)cc54)n3)cc2)cc1. The highest BCUT2D eigenvalue weighted by molar-refractivity contribution is 6.10. The van der Waals surface area contributed by atoms with Crippen LogP contribution in [0.4, 0.5) is 0 Å². The molecular weight excluding hydrogens is 573 g/mol. The molecule has 2 aromatic heterocycles. The lowest BCUT2D eigenvalue weighted by atomic mass is 10.00. The van der Waals surface area contributed by atoms with Gasteiger partial charge in [0.2, 0.25) is 5.95 Å². The molecule has 9 rings (SSSR count). The van der Waals surface area contributed by atoms with Crippen molar-refractivity contribution >= 4 is 32.6 Å². The summed E-state index contributed by atoms with van der Waals surface area (Å²) in [5.74, 6) is 1.85. The summed E-state index contributed by atoms with van der Waals surface area (Å²) in [6, 6.07) is 59.3. The molecule has 0 amide bonds. The van der Waals surface area contributed by atoms with E-state index in [-0.39, 0.29) is 0 Å². The van der Waals surface area contributed by atoms with Crippen LogP contribution in [0.1, 0.15) is 0 Å². The first-order valence-corrected chi connectivity index (χ1v) is 15.8. The largest absolute Gasteiger partial charge is 0.278 e. The Morgan fingerprint density at radius 3 is 1.60 bits per heavy atom. The van der Waals surface area contributed by atoms with Crippen molar-refractivity contribution in [1.29, 1.82) is 0 Å². The fourth-order valence-corrected chi connectivity index (χ4v) is 6.49. The fraction of sp³-hybridized carbons (Fsp3) is 0. The van der Waals surface area contributed by atoms with E-state index in [1.54, 1.807) is 0 Å². The summed E-state index contributed by atoms with van der Waals surface area (Å²) in [6.07, 6.45) is 0. The topological polar surface area (TPSA) is 43.6 Å². The van der Waals surface area contributed by atoms with Crippen LogP contribution in [0.5, 0.6) is 0 Å². The van der Waals surface area contributed by atoms with E-state index in [0.717, 1.165) is 44.1 Å². The van der Waals surface area contributed by atoms with Crippen molar-refractivity contribution in [3.8, 4) is 51.0 Å². The van der Waals surface area contributed by atoms with E-state index < -0.39 is 0 Å². The summed E-state index contributed by atoms with van der Waals surface area (Å²) < 4.78 is 2.19. The maximum Gasteiger partial charge on any atom is 0.238 e. The Bertz CT molecular complexity index is 2550. The van der Waals surface area contributed by atoms with Gasteiger partial charge in [-0.2, -0.15) is 9.97 Å². The van der Waals surface area contributed by atoms with Gasteiger partial charge in [0, 0.05) is 21.9 Å². The average Bonchev–Trinajstić information content (AvgIpc) is 3.49. The molecule has 220 valence electrons. The molecule has 0 atom stereocenters. The van der Waals surface area contributed by atoms with Crippen LogP contribution in [-0.2, 0) is 0 Å². The molecule has 47 heavy (non-hydrogen) atoms. The third-order valence-corrected chi connectivity index (χ3v) is 8.86. The molecule has 0 aliphatic carbocycles. The molecule has 9 aromatic rings. The molecule has 4 nitrogen and oxygen atoms in total. The summed E-state index contributed by atoms with van der Waals surface area (Å²) in [6.45, 7) is 0. The lowest BCUT2D eigenvalue weighted by Gasteiger charge is -2.12. The number of hydrogen-bond donors (Lipinski definition) is 0. The van der Waals surface area contributed by atoms with Gasteiger partial charge in [-0.1, -0.05) is 152 Å². The zero-order chi connectivity index (χ0) is 31.2. The standard InChI is InChI=1S/C43H28N4/c1-3-11-29(12-4-1)31-19-22-33(23-20-31)42-44-41(32-14-5-2-6-15-32)45-43(46-42)47-39-18-10-9-17-37(39)38-26-25-36(28-40(38)47)35-24-21-30-13-7-8-16-34(30)27-35/h1-28H. The van der Waals surface area contributed by atoms with Crippen molar-refractivity contribution in [2.24, 2.45) is 0 Å². The van der Waals surface area contributed by atoms with Gasteiger partial charge in [0.1, 0.15) is 0 Å². The second kappa shape index (κ2) is 11.2. The summed E-state index contributed by atoms with van der Waals surface area (Å²) in [7, 11) is 0. The van der Waals surface area contributed by atoms with Crippen molar-refractivity contribution in [2.75, 3.05) is 0 Å². The Morgan fingerprint density at radius 2 is 0.830 bits per heavy atom. The van der Waals surface area contributed by atoms with E-state index in [4.69, 9.17) is 15.0 Å². The van der Waals surface area contributed by atoms with Crippen molar-refractivity contribution in [3.05, 3.63) is 170 Å². The summed E-state index contributed by atoms with van der Waals surface area (Å²) in [4.78, 5) is 15.3. The van der Waals surface area contributed by atoms with Crippen LogP contribution in [-0.4, -0.2) is 19.5 Å². The molecule has 0 spiro atoms. The van der Waals surface area contributed by atoms with Crippen LogP contribution in [0, 0.1) is 0 Å². The highest BCUT2D eigenvalue weighted by Gasteiger charge is 2.18. The van der Waals surface area contributed by atoms with Crippen LogP contribution < -0.4 is 0 Å². The normalized spacial score (nSPS) is 11.4. The number of aromatic nitrogens is 4. The Kier molecular flexibility index (Phi) is 6.43. The monoisotopic (exact) mass is 600 g/mol. The molecule has 0 unspecified atom stereocenters. The van der Waals surface area contributed by atoms with Gasteiger partial charge in [-0.05, 0) is 51.2 Å². The van der Waals surface area contributed by atoms with Crippen molar-refractivity contribution in [1.82, 2.24) is 19.5 Å². The molecule has 0 aliphatic rings. The zero-order valence-electron chi connectivity index (χ0n) is 25.5. The Balaban J connectivity index is 1.26. The van der Waals surface area contributed by atoms with Gasteiger partial charge in [-0.15, -0.1) is 0 Å². The maximum atomic E-state index is 5.16. The van der Waals surface area contributed by atoms with Gasteiger partial charge >= 0.3 is 0 Å². The van der Waals surface area contributed by atoms with Crippen LogP contribution in [0.3, 0.4) is 0 Å². The molecule has 0 bridgehead atoms. The quantitative estimate of drug-likeness (QED) is 0.197. The van der Waals surface area contributed by atoms with E-state index >= 15 is 0 Å². The minimum atomic E-state index is 0.586. The molecule has 2 heterocycles. The first-order chi connectivity index (χ1) is 23.3. The maximum absolute atomic E-state index is 5.16. The smallest absolute Gasteiger partial charge is 0.238 e. The van der Waals surface area contributed by atoms with E-state index in [1.807, 2.05) is 36.4 Å². The minimum absolute atomic E-state index is 0.586. The predicted molar refractivity (Wildman–Crippen MR) is 193 cm³/mol. The number of nitrogens with zero attached hydrogens (tertiary/aromatic N) is 4. The van der Waals surface area contributed by atoms with E-state index in [9.17, 15) is 0 Å². The highest BCUT2D eigenvalue weighted by Crippen LogP contribution is 2.36. The van der Waals surface area contributed by atoms with Gasteiger partial charge in [-0.25, -0.2) is 4.98 Å². The van der Waals surface area contributed by atoms with Crippen molar-refractivity contribution < 1.29 is 0 Å². The lowest BCUT2D eigenvalue weighted by Crippen LogP contribution is -2.06. The predicted octanol–water partition coefficient (Wildman–Crippen LogP) is 10.8. The third-order valence-electron chi connectivity index (χ3n) is 8.86. The number of para-hydroxylation sites is 1. The van der Waals surface area contributed by atoms with Crippen LogP contribution >= 0.6 is 0 Å². The van der Waals surface area contributed by atoms with Crippen LogP contribution in [0.2, 0.25) is 0 Å². The number of fused-ring (bicyclic) bond motifs is 4. The Morgan fingerprint density at radius 1 is 0.319 bits per heavy atom. The first-order valence-electron chi connectivity index (χ1n) is 15.8. The number of benzene rings is 7. The first kappa shape index (κ1) is 27.0. The molecule has 0 radical (unpaired) electrons. The van der Waals surface area contributed by atoms with Crippen LogP contribution in [0.25, 0.3) is 83.6 Å². The molecule has 0 N–H and O–H groups in total. The van der Waals surface area contributed by atoms with Crippen LogP contribution in [0.15, 0.2) is 170 Å². The second-order valence-corrected chi connectivity index (χ2v) is 11.7. The van der Waals surface area contributed by atoms with Crippen molar-refractivity contribution in [3.63, 3.8) is 0 Å². The molecule has 0 fully saturated rings. The van der Waals surface area contributed by atoms with Gasteiger partial charge < -0.3 is 0 Å². The van der Waals surface area contributed by atoms with E-state index in [2.05, 4.69) is 138 Å². The minimum Gasteiger partial charge on any atom is -0.278 e. The summed E-state index contributed by atoms with van der Waals surface area (Å²) in [5.41, 5.74) is 8.60.